The molecule has 9 nitrogen and oxygen atoms in total. The molecule has 0 unspecified atom stereocenters. The van der Waals surface area contributed by atoms with E-state index in [4.69, 9.17) is 4.74 Å². The van der Waals surface area contributed by atoms with E-state index in [1.807, 2.05) is 0 Å². The highest BCUT2D eigenvalue weighted by Crippen LogP contribution is 2.33. The maximum atomic E-state index is 13.1. The lowest BCUT2D eigenvalue weighted by atomic mass is 10.1. The van der Waals surface area contributed by atoms with Gasteiger partial charge in [-0.05, 0) is 48.9 Å². The molecule has 1 heterocycles. The van der Waals surface area contributed by atoms with Gasteiger partial charge in [0, 0.05) is 20.0 Å². The molecule has 182 valence electrons. The molecular weight excluding hydrogens is 475 g/mol. The Morgan fingerprint density at radius 1 is 1.18 bits per heavy atom. The number of aromatic nitrogens is 3. The summed E-state index contributed by atoms with van der Waals surface area (Å²) in [6, 6.07) is 8.75. The zero-order valence-electron chi connectivity index (χ0n) is 18.3. The predicted molar refractivity (Wildman–Crippen MR) is 117 cm³/mol. The molecule has 1 N–H and O–H groups in total. The average molecular weight is 497 g/mol. The summed E-state index contributed by atoms with van der Waals surface area (Å²) in [5, 5.41) is 6.35. The first-order valence-electron chi connectivity index (χ1n) is 9.99. The minimum absolute atomic E-state index is 0.0281. The van der Waals surface area contributed by atoms with E-state index in [1.165, 1.54) is 61.8 Å². The van der Waals surface area contributed by atoms with Crippen LogP contribution in [0.2, 0.25) is 0 Å². The van der Waals surface area contributed by atoms with Gasteiger partial charge in [-0.1, -0.05) is 0 Å². The van der Waals surface area contributed by atoms with Crippen LogP contribution in [0.4, 0.5) is 18.9 Å². The number of sulfonamides is 1. The first kappa shape index (κ1) is 25.2. The quantitative estimate of drug-likeness (QED) is 0.486. The molecule has 0 atom stereocenters. The summed E-state index contributed by atoms with van der Waals surface area (Å²) in [4.78, 5) is 16.3. The van der Waals surface area contributed by atoms with Crippen LogP contribution in [0.5, 0.6) is 5.75 Å². The number of nitrogens with one attached hydrogen (secondary N) is 1. The molecule has 34 heavy (non-hydrogen) atoms. The van der Waals surface area contributed by atoms with Crippen molar-refractivity contribution in [2.24, 2.45) is 0 Å². The minimum Gasteiger partial charge on any atom is -0.497 e. The third-order valence-corrected chi connectivity index (χ3v) is 6.78. The molecule has 0 fully saturated rings. The number of hydrogen-bond acceptors (Lipinski definition) is 6. The van der Waals surface area contributed by atoms with Gasteiger partial charge in [-0.2, -0.15) is 18.3 Å². The summed E-state index contributed by atoms with van der Waals surface area (Å²) in [5.74, 6) is -0.0611. The van der Waals surface area contributed by atoms with Crippen molar-refractivity contribution in [1.82, 2.24) is 19.1 Å². The Bertz CT molecular complexity index is 1230. The van der Waals surface area contributed by atoms with Gasteiger partial charge in [0.1, 0.15) is 18.4 Å². The zero-order valence-corrected chi connectivity index (χ0v) is 19.1. The standard InChI is InChI=1S/C21H22F3N5O4S/c1-28(34(31,32)17-8-6-16(33-2)7-9-17)11-3-4-20(30)27-18-12-15(21(22,23)24)5-10-19(18)29-14-25-13-26-29/h5-10,12-14H,3-4,11H2,1-2H3,(H,27,30). The Kier molecular flexibility index (Phi) is 7.57. The Morgan fingerprint density at radius 3 is 2.47 bits per heavy atom. The van der Waals surface area contributed by atoms with Crippen molar-refractivity contribution in [1.29, 1.82) is 0 Å². The van der Waals surface area contributed by atoms with Crippen LogP contribution < -0.4 is 10.1 Å². The molecule has 3 aromatic rings. The molecular formula is C21H22F3N5O4S. The van der Waals surface area contributed by atoms with E-state index in [-0.39, 0.29) is 35.7 Å². The molecule has 0 saturated carbocycles. The van der Waals surface area contributed by atoms with E-state index in [0.717, 1.165) is 16.4 Å². The lowest BCUT2D eigenvalue weighted by molar-refractivity contribution is -0.137. The Labute approximate surface area is 194 Å². The van der Waals surface area contributed by atoms with Crippen LogP contribution in [0.25, 0.3) is 5.69 Å². The molecule has 0 bridgehead atoms. The maximum Gasteiger partial charge on any atom is 0.416 e. The Morgan fingerprint density at radius 2 is 1.88 bits per heavy atom. The van der Waals surface area contributed by atoms with Crippen LogP contribution in [0, 0.1) is 0 Å². The van der Waals surface area contributed by atoms with Gasteiger partial charge in [0.2, 0.25) is 15.9 Å². The van der Waals surface area contributed by atoms with Crippen LogP contribution >= 0.6 is 0 Å². The van der Waals surface area contributed by atoms with E-state index >= 15 is 0 Å². The van der Waals surface area contributed by atoms with Crippen LogP contribution in [0.3, 0.4) is 0 Å². The van der Waals surface area contributed by atoms with E-state index < -0.39 is 27.7 Å². The number of ether oxygens (including phenoxy) is 1. The number of rotatable bonds is 9. The van der Waals surface area contributed by atoms with Crippen molar-refractivity contribution in [3.05, 3.63) is 60.7 Å². The summed E-state index contributed by atoms with van der Waals surface area (Å²) < 4.78 is 72.1. The number of benzene rings is 2. The number of anilines is 1. The highest BCUT2D eigenvalue weighted by Gasteiger charge is 2.31. The third-order valence-electron chi connectivity index (χ3n) is 4.91. The molecule has 3 rings (SSSR count). The summed E-state index contributed by atoms with van der Waals surface area (Å²) in [5.41, 5.74) is -0.820. The van der Waals surface area contributed by atoms with Crippen molar-refractivity contribution in [3.8, 4) is 11.4 Å². The SMILES string of the molecule is COc1ccc(S(=O)(=O)N(C)CCCC(=O)Nc2cc(C(F)(F)F)ccc2-n2cncn2)cc1. The number of carbonyl (C=O) groups is 1. The fraction of sp³-hybridized carbons (Fsp3) is 0.286. The van der Waals surface area contributed by atoms with Gasteiger partial charge in [-0.25, -0.2) is 22.4 Å². The van der Waals surface area contributed by atoms with Crippen molar-refractivity contribution in [3.63, 3.8) is 0 Å². The van der Waals surface area contributed by atoms with E-state index in [9.17, 15) is 26.4 Å². The molecule has 0 aliphatic heterocycles. The highest BCUT2D eigenvalue weighted by atomic mass is 32.2. The molecule has 1 aromatic heterocycles. The monoisotopic (exact) mass is 497 g/mol. The van der Waals surface area contributed by atoms with Crippen molar-refractivity contribution < 1.29 is 31.1 Å². The number of carbonyl (C=O) groups excluding carboxylic acids is 1. The summed E-state index contributed by atoms with van der Waals surface area (Å²) >= 11 is 0. The van der Waals surface area contributed by atoms with Gasteiger partial charge in [-0.3, -0.25) is 4.79 Å². The summed E-state index contributed by atoms with van der Waals surface area (Å²) in [6.07, 6.45) is -2.07. The number of nitrogens with zero attached hydrogens (tertiary/aromatic N) is 4. The Hall–Kier alpha value is -3.45. The zero-order chi connectivity index (χ0) is 24.9. The molecule has 1 amide bonds. The lowest BCUT2D eigenvalue weighted by Gasteiger charge is -2.18. The van der Waals surface area contributed by atoms with Crippen molar-refractivity contribution >= 4 is 21.6 Å². The van der Waals surface area contributed by atoms with Gasteiger partial charge < -0.3 is 10.1 Å². The molecule has 0 aliphatic rings. The number of amides is 1. The second-order valence-corrected chi connectivity index (χ2v) is 9.27. The summed E-state index contributed by atoms with van der Waals surface area (Å²) in [7, 11) is -0.927. The molecule has 2 aromatic carbocycles. The summed E-state index contributed by atoms with van der Waals surface area (Å²) in [6.45, 7) is 0.0281. The first-order chi connectivity index (χ1) is 16.0. The van der Waals surface area contributed by atoms with Crippen LogP contribution in [0.1, 0.15) is 18.4 Å². The molecule has 0 radical (unpaired) electrons. The maximum absolute atomic E-state index is 13.1. The second kappa shape index (κ2) is 10.2. The van der Waals surface area contributed by atoms with Crippen molar-refractivity contribution in [2.75, 3.05) is 26.0 Å². The van der Waals surface area contributed by atoms with Crippen LogP contribution in [-0.2, 0) is 21.0 Å². The van der Waals surface area contributed by atoms with Gasteiger partial charge in [0.25, 0.3) is 0 Å². The molecule has 0 aliphatic carbocycles. The predicted octanol–water partition coefficient (Wildman–Crippen LogP) is 3.33. The second-order valence-electron chi connectivity index (χ2n) is 7.22. The molecule has 13 heteroatoms. The average Bonchev–Trinajstić information content (AvgIpc) is 3.33. The van der Waals surface area contributed by atoms with Crippen LogP contribution in [0.15, 0.2) is 60.0 Å². The normalized spacial score (nSPS) is 12.1. The molecule has 0 saturated heterocycles. The number of methoxy groups -OCH3 is 1. The number of halogens is 3. The fourth-order valence-electron chi connectivity index (χ4n) is 3.07. The third kappa shape index (κ3) is 5.91. The van der Waals surface area contributed by atoms with E-state index in [2.05, 4.69) is 15.4 Å². The Balaban J connectivity index is 1.65. The highest BCUT2D eigenvalue weighted by molar-refractivity contribution is 7.89. The van der Waals surface area contributed by atoms with Gasteiger partial charge in [0.05, 0.1) is 28.9 Å². The van der Waals surface area contributed by atoms with Gasteiger partial charge >= 0.3 is 6.18 Å². The van der Waals surface area contributed by atoms with Crippen molar-refractivity contribution in [2.45, 2.75) is 23.9 Å². The van der Waals surface area contributed by atoms with Crippen LogP contribution in [-0.4, -0.2) is 54.1 Å². The minimum atomic E-state index is -4.60. The smallest absolute Gasteiger partial charge is 0.416 e. The molecule has 0 spiro atoms. The fourth-order valence-corrected chi connectivity index (χ4v) is 4.28. The number of alkyl halides is 3. The van der Waals surface area contributed by atoms with E-state index in [0.29, 0.717) is 5.75 Å². The van der Waals surface area contributed by atoms with Gasteiger partial charge in [0.15, 0.2) is 0 Å². The lowest BCUT2D eigenvalue weighted by Crippen LogP contribution is -2.28. The topological polar surface area (TPSA) is 106 Å². The number of hydrogen-bond donors (Lipinski definition) is 1. The van der Waals surface area contributed by atoms with E-state index in [1.54, 1.807) is 0 Å². The first-order valence-corrected chi connectivity index (χ1v) is 11.4. The van der Waals surface area contributed by atoms with Gasteiger partial charge in [-0.15, -0.1) is 0 Å². The largest absolute Gasteiger partial charge is 0.497 e.